The van der Waals surface area contributed by atoms with Gasteiger partial charge in [0.25, 0.3) is 5.56 Å². The minimum absolute atomic E-state index is 0.000113. The Labute approximate surface area is 198 Å². The third kappa shape index (κ3) is 3.18. The van der Waals surface area contributed by atoms with Gasteiger partial charge in [-0.2, -0.15) is 10.2 Å². The van der Waals surface area contributed by atoms with E-state index in [9.17, 15) is 4.79 Å². The molecule has 1 N–H and O–H groups in total. The second kappa shape index (κ2) is 6.84. The maximum absolute atomic E-state index is 13.6. The minimum Gasteiger partial charge on any atom is -0.488 e. The van der Waals surface area contributed by atoms with Crippen molar-refractivity contribution >= 4 is 16.6 Å². The first kappa shape index (κ1) is 20.5. The van der Waals surface area contributed by atoms with E-state index < -0.39 is 0 Å². The van der Waals surface area contributed by atoms with Gasteiger partial charge in [-0.15, -0.1) is 0 Å². The molecule has 2 unspecified atom stereocenters. The Morgan fingerprint density at radius 3 is 2.74 bits per heavy atom. The molecule has 2 aliphatic heterocycles. The van der Waals surface area contributed by atoms with Crippen molar-refractivity contribution in [3.8, 4) is 17.1 Å². The smallest absolute Gasteiger partial charge is 0.290 e. The summed E-state index contributed by atoms with van der Waals surface area (Å²) in [6.07, 6.45) is 4.15. The largest absolute Gasteiger partial charge is 0.488 e. The molecular weight excluding hydrogens is 430 g/mol. The van der Waals surface area contributed by atoms with Crippen molar-refractivity contribution < 1.29 is 9.47 Å². The molecule has 0 bridgehead atoms. The molecule has 178 valence electrons. The van der Waals surface area contributed by atoms with Crippen molar-refractivity contribution in [3.05, 3.63) is 34.6 Å². The van der Waals surface area contributed by atoms with Crippen LogP contribution in [0.4, 0.5) is 5.69 Å². The van der Waals surface area contributed by atoms with Gasteiger partial charge in [0, 0.05) is 17.8 Å². The Bertz CT molecular complexity index is 1350. The molecule has 8 nitrogen and oxygen atoms in total. The van der Waals surface area contributed by atoms with Gasteiger partial charge < -0.3 is 14.4 Å². The molecule has 2 saturated carbocycles. The zero-order chi connectivity index (χ0) is 23.2. The predicted molar refractivity (Wildman–Crippen MR) is 129 cm³/mol. The summed E-state index contributed by atoms with van der Waals surface area (Å²) in [5.74, 6) is 1.27. The van der Waals surface area contributed by atoms with Crippen molar-refractivity contribution in [2.24, 2.45) is 11.3 Å². The lowest BCUT2D eigenvalue weighted by Crippen LogP contribution is -2.38. The van der Waals surface area contributed by atoms with Crippen LogP contribution >= 0.6 is 0 Å². The number of anilines is 1. The van der Waals surface area contributed by atoms with Gasteiger partial charge in [0.1, 0.15) is 28.4 Å². The van der Waals surface area contributed by atoms with E-state index in [4.69, 9.17) is 14.6 Å². The normalized spacial score (nSPS) is 26.7. The number of rotatable bonds is 5. The molecule has 34 heavy (non-hydrogen) atoms. The zero-order valence-electron chi connectivity index (χ0n) is 20.0. The lowest BCUT2D eigenvalue weighted by molar-refractivity contribution is 0.149. The van der Waals surface area contributed by atoms with E-state index in [1.165, 1.54) is 0 Å². The van der Waals surface area contributed by atoms with Crippen molar-refractivity contribution in [2.45, 2.75) is 64.1 Å². The third-order valence-corrected chi connectivity index (χ3v) is 8.25. The zero-order valence-corrected chi connectivity index (χ0v) is 20.0. The van der Waals surface area contributed by atoms with Crippen molar-refractivity contribution in [3.63, 3.8) is 0 Å². The first-order valence-electron chi connectivity index (χ1n) is 12.5. The summed E-state index contributed by atoms with van der Waals surface area (Å²) in [6.45, 7) is 8.97. The Balaban J connectivity index is 1.35. The Morgan fingerprint density at radius 2 is 1.97 bits per heavy atom. The lowest BCUT2D eigenvalue weighted by atomic mass is 9.80. The summed E-state index contributed by atoms with van der Waals surface area (Å²) in [4.78, 5) is 15.9. The van der Waals surface area contributed by atoms with Crippen LogP contribution in [0.15, 0.2) is 29.1 Å². The molecule has 0 amide bonds. The van der Waals surface area contributed by atoms with Gasteiger partial charge >= 0.3 is 0 Å². The molecule has 1 aromatic carbocycles. The number of aromatic amines is 1. The quantitative estimate of drug-likeness (QED) is 0.620. The fourth-order valence-electron chi connectivity index (χ4n) is 5.74. The number of hydrogen-bond acceptors (Lipinski definition) is 6. The van der Waals surface area contributed by atoms with Gasteiger partial charge in [0.05, 0.1) is 30.8 Å². The molecule has 7 rings (SSSR count). The number of hydrogen-bond donors (Lipinski definition) is 1. The average molecular weight is 462 g/mol. The van der Waals surface area contributed by atoms with E-state index in [0.717, 1.165) is 72.6 Å². The predicted octanol–water partition coefficient (Wildman–Crippen LogP) is 3.91. The summed E-state index contributed by atoms with van der Waals surface area (Å²) >= 11 is 0. The fraction of sp³-hybridized carbons (Fsp3) is 0.577. The van der Waals surface area contributed by atoms with Gasteiger partial charge in [-0.1, -0.05) is 13.8 Å². The Kier molecular flexibility index (Phi) is 4.12. The highest BCUT2D eigenvalue weighted by Gasteiger charge is 2.51. The molecular formula is C26H31N5O3. The Hall–Kier alpha value is -2.87. The van der Waals surface area contributed by atoms with Gasteiger partial charge in [0.2, 0.25) is 0 Å². The summed E-state index contributed by atoms with van der Waals surface area (Å²) in [6, 6.07) is 8.39. The molecule has 4 heterocycles. The van der Waals surface area contributed by atoms with Crippen molar-refractivity contribution in [2.75, 3.05) is 24.7 Å². The summed E-state index contributed by atoms with van der Waals surface area (Å²) in [5, 5.41) is 13.6. The molecule has 2 aromatic heterocycles. The second-order valence-corrected chi connectivity index (χ2v) is 11.6. The molecule has 4 fully saturated rings. The van der Waals surface area contributed by atoms with E-state index in [1.54, 1.807) is 4.68 Å². The van der Waals surface area contributed by atoms with E-state index in [0.29, 0.717) is 12.5 Å². The van der Waals surface area contributed by atoms with E-state index >= 15 is 0 Å². The number of fused-ring (bicyclic) bond motifs is 2. The highest BCUT2D eigenvalue weighted by atomic mass is 16.5. The summed E-state index contributed by atoms with van der Waals surface area (Å²) in [7, 11) is 0. The SMILES string of the molecule is CC1(Oc2ccc3[nH]nc(-c4cc(N5CC(C)(C)C6COCC65)c(=O)n(C5CC5)n4)c3c2)CC1. The average Bonchev–Trinajstić information content (AvgIpc) is 3.63. The van der Waals surface area contributed by atoms with Gasteiger partial charge in [-0.3, -0.25) is 9.89 Å². The fourth-order valence-corrected chi connectivity index (χ4v) is 5.74. The topological polar surface area (TPSA) is 85.3 Å². The van der Waals surface area contributed by atoms with Gasteiger partial charge in [0.15, 0.2) is 0 Å². The first-order chi connectivity index (χ1) is 16.3. The van der Waals surface area contributed by atoms with Crippen LogP contribution in [0.2, 0.25) is 0 Å². The maximum atomic E-state index is 13.6. The van der Waals surface area contributed by atoms with Crippen LogP contribution in [0.1, 0.15) is 52.5 Å². The number of nitrogens with one attached hydrogen (secondary N) is 1. The number of ether oxygens (including phenoxy) is 2. The van der Waals surface area contributed by atoms with Gasteiger partial charge in [-0.25, -0.2) is 4.68 Å². The molecule has 0 spiro atoms. The van der Waals surface area contributed by atoms with Gasteiger partial charge in [-0.05, 0) is 62.3 Å². The molecule has 0 radical (unpaired) electrons. The van der Waals surface area contributed by atoms with Crippen LogP contribution in [-0.2, 0) is 4.74 Å². The number of nitrogens with zero attached hydrogens (tertiary/aromatic N) is 4. The van der Waals surface area contributed by atoms with Crippen LogP contribution in [0.5, 0.6) is 5.75 Å². The van der Waals surface area contributed by atoms with Crippen LogP contribution < -0.4 is 15.2 Å². The van der Waals surface area contributed by atoms with E-state index in [1.807, 2.05) is 24.3 Å². The summed E-state index contributed by atoms with van der Waals surface area (Å²) < 4.78 is 13.8. The van der Waals surface area contributed by atoms with Crippen LogP contribution in [-0.4, -0.2) is 51.4 Å². The molecule has 3 aromatic rings. The molecule has 2 saturated heterocycles. The van der Waals surface area contributed by atoms with Crippen molar-refractivity contribution in [1.82, 2.24) is 20.0 Å². The number of aromatic nitrogens is 4. The van der Waals surface area contributed by atoms with Crippen LogP contribution in [0.3, 0.4) is 0 Å². The van der Waals surface area contributed by atoms with E-state index in [2.05, 4.69) is 35.9 Å². The monoisotopic (exact) mass is 461 g/mol. The minimum atomic E-state index is -0.0509. The number of H-pyrrole nitrogens is 1. The number of benzene rings is 1. The Morgan fingerprint density at radius 1 is 1.15 bits per heavy atom. The summed E-state index contributed by atoms with van der Waals surface area (Å²) in [5.41, 5.74) is 3.17. The highest BCUT2D eigenvalue weighted by molar-refractivity contribution is 5.93. The second-order valence-electron chi connectivity index (χ2n) is 11.6. The third-order valence-electron chi connectivity index (χ3n) is 8.25. The molecule has 2 aliphatic carbocycles. The van der Waals surface area contributed by atoms with Crippen LogP contribution in [0, 0.1) is 11.3 Å². The van der Waals surface area contributed by atoms with Crippen LogP contribution in [0.25, 0.3) is 22.3 Å². The molecule has 2 atom stereocenters. The van der Waals surface area contributed by atoms with Crippen molar-refractivity contribution in [1.29, 1.82) is 0 Å². The lowest BCUT2D eigenvalue weighted by Gasteiger charge is -2.26. The molecule has 8 heteroatoms. The maximum Gasteiger partial charge on any atom is 0.290 e. The van der Waals surface area contributed by atoms with E-state index in [-0.39, 0.29) is 28.7 Å². The highest BCUT2D eigenvalue weighted by Crippen LogP contribution is 2.45. The standard InChI is InChI=1S/C26H31N5O3/c1-25(2)14-30(22-13-33-12-18(22)25)21-11-20(29-31(24(21)32)15-4-5-15)23-17-10-16(34-26(3)8-9-26)6-7-19(17)27-28-23/h6-7,10-11,15,18,22H,4-5,8-9,12-14H2,1-3H3,(H,27,28). The molecule has 4 aliphatic rings. The first-order valence-corrected chi connectivity index (χ1v) is 12.5.